The molecule has 3 aromatic rings. The molecule has 12 nitrogen and oxygen atoms in total. The van der Waals surface area contributed by atoms with Crippen LogP contribution in [0.3, 0.4) is 0 Å². The molecule has 0 unspecified atom stereocenters. The Morgan fingerprint density at radius 1 is 1.04 bits per heavy atom. The van der Waals surface area contributed by atoms with E-state index in [1.54, 1.807) is 0 Å². The fourth-order valence-electron chi connectivity index (χ4n) is 5.77. The highest BCUT2D eigenvalue weighted by Gasteiger charge is 2.50. The Labute approximate surface area is 255 Å². The van der Waals surface area contributed by atoms with Gasteiger partial charge in [0, 0.05) is 25.7 Å². The second kappa shape index (κ2) is 13.2. The first kappa shape index (κ1) is 34.6. The number of aromatic amines is 1. The summed E-state index contributed by atoms with van der Waals surface area (Å²) < 4.78 is 99.2. The van der Waals surface area contributed by atoms with Gasteiger partial charge in [0.1, 0.15) is 18.1 Å². The molecule has 252 valence electrons. The fourth-order valence-corrected chi connectivity index (χ4v) is 5.77. The molecule has 2 fully saturated rings. The van der Waals surface area contributed by atoms with Gasteiger partial charge in [0.15, 0.2) is 11.3 Å². The van der Waals surface area contributed by atoms with Crippen molar-refractivity contribution in [1.82, 2.24) is 35.9 Å². The van der Waals surface area contributed by atoms with Crippen LogP contribution >= 0.6 is 0 Å². The maximum Gasteiger partial charge on any atom is 0.405 e. The van der Waals surface area contributed by atoms with Gasteiger partial charge in [-0.15, -0.1) is 0 Å². The lowest BCUT2D eigenvalue weighted by Gasteiger charge is -2.38. The van der Waals surface area contributed by atoms with Crippen LogP contribution < -0.4 is 10.6 Å². The number of fused-ring (bicyclic) bond motifs is 1. The number of carbonyl (C=O) groups excluding carboxylic acids is 2. The molecule has 2 saturated carbocycles. The van der Waals surface area contributed by atoms with Crippen LogP contribution in [0.25, 0.3) is 11.2 Å². The molecule has 2 aliphatic carbocycles. The van der Waals surface area contributed by atoms with E-state index in [9.17, 15) is 40.3 Å². The molecule has 2 aliphatic rings. The summed E-state index contributed by atoms with van der Waals surface area (Å²) in [6.45, 7) is -0.392. The van der Waals surface area contributed by atoms with Crippen molar-refractivity contribution in [2.45, 2.75) is 87.8 Å². The van der Waals surface area contributed by atoms with E-state index in [2.05, 4.69) is 35.2 Å². The van der Waals surface area contributed by atoms with Gasteiger partial charge in [0.25, 0.3) is 12.4 Å². The lowest BCUT2D eigenvalue weighted by molar-refractivity contribution is -0.145. The molecule has 46 heavy (non-hydrogen) atoms. The van der Waals surface area contributed by atoms with Crippen molar-refractivity contribution < 1.29 is 54.9 Å². The van der Waals surface area contributed by atoms with Crippen LogP contribution in [0, 0.1) is 12.8 Å². The summed E-state index contributed by atoms with van der Waals surface area (Å²) in [6.07, 6.45) is -7.76. The predicted molar refractivity (Wildman–Crippen MR) is 143 cm³/mol. The van der Waals surface area contributed by atoms with Crippen molar-refractivity contribution in [2.24, 2.45) is 5.92 Å². The van der Waals surface area contributed by atoms with Gasteiger partial charge in [-0.05, 0) is 55.8 Å². The lowest BCUT2D eigenvalue weighted by atomic mass is 9.69. The lowest BCUT2D eigenvalue weighted by Crippen LogP contribution is -2.50. The Bertz CT molecular complexity index is 1540. The van der Waals surface area contributed by atoms with Gasteiger partial charge in [-0.25, -0.2) is 32.2 Å². The van der Waals surface area contributed by atoms with Crippen LogP contribution in [0.2, 0.25) is 0 Å². The number of pyridine rings is 1. The van der Waals surface area contributed by atoms with Crippen molar-refractivity contribution in [3.8, 4) is 0 Å². The number of amides is 2. The molecule has 3 heterocycles. The van der Waals surface area contributed by atoms with Crippen LogP contribution in [0.15, 0.2) is 16.8 Å². The Hall–Kier alpha value is -4.32. The van der Waals surface area contributed by atoms with Gasteiger partial charge in [-0.3, -0.25) is 14.4 Å². The molecule has 5 rings (SSSR count). The number of carboxylic acid groups (broad SMARTS) is 1. The molecule has 0 radical (unpaired) electrons. The number of carbonyl (C=O) groups is 3. The van der Waals surface area contributed by atoms with Crippen molar-refractivity contribution in [3.63, 3.8) is 0 Å². The largest absolute Gasteiger partial charge is 0.483 e. The van der Waals surface area contributed by atoms with Crippen molar-refractivity contribution in [1.29, 1.82) is 0 Å². The average molecular weight is 666 g/mol. The van der Waals surface area contributed by atoms with E-state index >= 15 is 0 Å². The SMILES string of the molecule is Cc1nonc1C(=O)N[C@H](c1nc2nc(C3(C(=O)NCC(F)(F)F)CCC(F)(F)CC3)ccc2[nH]1)C1CCC(F)(F)CC1.O=CO. The Balaban J connectivity index is 0.00000154. The van der Waals surface area contributed by atoms with Crippen LogP contribution in [0.1, 0.15) is 85.1 Å². The molecule has 4 N–H and O–H groups in total. The zero-order valence-electron chi connectivity index (χ0n) is 24.3. The molecule has 19 heteroatoms. The normalized spacial score (nSPS) is 19.8. The summed E-state index contributed by atoms with van der Waals surface area (Å²) >= 11 is 0. The maximum absolute atomic E-state index is 14.1. The van der Waals surface area contributed by atoms with E-state index < -0.39 is 92.3 Å². The third-order valence-corrected chi connectivity index (χ3v) is 8.26. The number of nitrogens with zero attached hydrogens (tertiary/aromatic N) is 4. The van der Waals surface area contributed by atoms with E-state index in [0.29, 0.717) is 5.52 Å². The Morgan fingerprint density at radius 3 is 2.22 bits per heavy atom. The summed E-state index contributed by atoms with van der Waals surface area (Å²) in [7, 11) is 0. The van der Waals surface area contributed by atoms with E-state index in [1.165, 1.54) is 19.1 Å². The number of hydrogen-bond donors (Lipinski definition) is 4. The quantitative estimate of drug-likeness (QED) is 0.205. The van der Waals surface area contributed by atoms with Gasteiger partial charge < -0.3 is 20.7 Å². The molecule has 3 aromatic heterocycles. The van der Waals surface area contributed by atoms with Gasteiger partial charge in [-0.2, -0.15) is 13.2 Å². The number of aryl methyl sites for hydroxylation is 1. The molecule has 0 bridgehead atoms. The minimum Gasteiger partial charge on any atom is -0.483 e. The molecule has 0 aliphatic heterocycles. The number of imidazole rings is 1. The Kier molecular flexibility index (Phi) is 9.91. The second-order valence-electron chi connectivity index (χ2n) is 11.4. The van der Waals surface area contributed by atoms with Crippen LogP contribution in [-0.2, 0) is 15.0 Å². The van der Waals surface area contributed by atoms with Gasteiger partial charge in [0.2, 0.25) is 17.8 Å². The first-order valence-corrected chi connectivity index (χ1v) is 14.1. The van der Waals surface area contributed by atoms with Crippen LogP contribution in [0.4, 0.5) is 30.7 Å². The highest BCUT2D eigenvalue weighted by atomic mass is 19.4. The number of hydrogen-bond acceptors (Lipinski definition) is 8. The third kappa shape index (κ3) is 7.90. The highest BCUT2D eigenvalue weighted by molar-refractivity contribution is 5.93. The zero-order chi connectivity index (χ0) is 33.9. The summed E-state index contributed by atoms with van der Waals surface area (Å²) in [6, 6.07) is 1.91. The van der Waals surface area contributed by atoms with Crippen LogP contribution in [0.5, 0.6) is 0 Å². The second-order valence-corrected chi connectivity index (χ2v) is 11.4. The summed E-state index contributed by atoms with van der Waals surface area (Å²) in [4.78, 5) is 46.3. The van der Waals surface area contributed by atoms with Gasteiger partial charge in [-0.1, -0.05) is 5.16 Å². The fraction of sp³-hybridized carbons (Fsp3) is 0.593. The van der Waals surface area contributed by atoms with E-state index in [0.717, 1.165) is 0 Å². The minimum absolute atomic E-state index is 0.00695. The molecular weight excluding hydrogens is 635 g/mol. The number of aromatic nitrogens is 5. The monoisotopic (exact) mass is 665 g/mol. The van der Waals surface area contributed by atoms with Gasteiger partial charge >= 0.3 is 6.18 Å². The summed E-state index contributed by atoms with van der Waals surface area (Å²) in [5.74, 6) is -8.00. The first-order valence-electron chi connectivity index (χ1n) is 14.1. The summed E-state index contributed by atoms with van der Waals surface area (Å²) in [5.41, 5.74) is -1.38. The molecule has 1 atom stereocenters. The summed E-state index contributed by atoms with van der Waals surface area (Å²) in [5, 5.41) is 18.6. The maximum atomic E-state index is 14.1. The minimum atomic E-state index is -4.72. The predicted octanol–water partition coefficient (Wildman–Crippen LogP) is 4.77. The van der Waals surface area contributed by atoms with E-state index in [4.69, 9.17) is 9.90 Å². The standard InChI is InChI=1S/C26H28F7N7O3.CH2O2/c1-13-17(40-43-39-13)21(41)37-18(14-4-6-24(27,28)7-5-14)20-35-15-2-3-16(36-19(15)38-20)23(8-10-25(29,30)11-9-23)22(42)34-12-26(31,32)33;2-1-3/h2-3,14,18H,4-12H2,1H3,(H,34,42)(H,37,41)(H,35,36,38);1H,(H,2,3)/t18-;/m0./s1. The van der Waals surface area contributed by atoms with E-state index in [-0.39, 0.29) is 47.9 Å². The number of H-pyrrole nitrogens is 1. The Morgan fingerprint density at radius 2 is 1.65 bits per heavy atom. The number of halogens is 7. The molecule has 0 aromatic carbocycles. The first-order chi connectivity index (χ1) is 21.5. The zero-order valence-corrected chi connectivity index (χ0v) is 24.3. The van der Waals surface area contributed by atoms with Crippen molar-refractivity contribution in [2.75, 3.05) is 6.54 Å². The van der Waals surface area contributed by atoms with E-state index in [1.807, 2.05) is 5.32 Å². The average Bonchev–Trinajstić information content (AvgIpc) is 3.61. The number of alkyl halides is 7. The number of rotatable bonds is 7. The molecular formula is C27H30F7N7O5. The van der Waals surface area contributed by atoms with Gasteiger partial charge in [0.05, 0.1) is 22.7 Å². The molecule has 2 amide bonds. The third-order valence-electron chi connectivity index (χ3n) is 8.26. The smallest absolute Gasteiger partial charge is 0.405 e. The highest BCUT2D eigenvalue weighted by Crippen LogP contribution is 2.46. The molecule has 0 saturated heterocycles. The number of nitrogens with one attached hydrogen (secondary N) is 3. The van der Waals surface area contributed by atoms with Crippen molar-refractivity contribution in [3.05, 3.63) is 35.0 Å². The molecule has 0 spiro atoms. The van der Waals surface area contributed by atoms with Crippen molar-refractivity contribution >= 4 is 29.5 Å². The van der Waals surface area contributed by atoms with Crippen LogP contribution in [-0.4, -0.2) is 73.2 Å². The topological polar surface area (TPSA) is 176 Å².